The van der Waals surface area contributed by atoms with Gasteiger partial charge in [-0.1, -0.05) is 83.9 Å². The van der Waals surface area contributed by atoms with Gasteiger partial charge in [-0.15, -0.1) is 10.2 Å². The standard InChI is InChI=1S/C18H10Cl2N4/c19-17-15-16(18(20)24-23-17)22-14(12-9-5-2-6-10-12)13(21-15)11-7-3-1-4-8-11/h1-10H. The third kappa shape index (κ3) is 2.60. The average Bonchev–Trinajstić information content (AvgIpc) is 2.65. The molecular weight excluding hydrogens is 343 g/mol. The van der Waals surface area contributed by atoms with Crippen LogP contribution in [0.4, 0.5) is 0 Å². The summed E-state index contributed by atoms with van der Waals surface area (Å²) in [5.74, 6) is 0. The molecular formula is C18H10Cl2N4. The second kappa shape index (κ2) is 6.15. The molecule has 0 spiro atoms. The van der Waals surface area contributed by atoms with Crippen LogP contribution < -0.4 is 0 Å². The van der Waals surface area contributed by atoms with Gasteiger partial charge in [0.05, 0.1) is 11.4 Å². The molecule has 0 unspecified atom stereocenters. The molecule has 24 heavy (non-hydrogen) atoms. The molecule has 4 aromatic rings. The Labute approximate surface area is 148 Å². The first kappa shape index (κ1) is 15.0. The van der Waals surface area contributed by atoms with E-state index in [1.54, 1.807) is 0 Å². The van der Waals surface area contributed by atoms with Crippen molar-refractivity contribution in [1.29, 1.82) is 0 Å². The van der Waals surface area contributed by atoms with E-state index in [-0.39, 0.29) is 10.3 Å². The van der Waals surface area contributed by atoms with E-state index < -0.39 is 0 Å². The average molecular weight is 353 g/mol. The highest BCUT2D eigenvalue weighted by Gasteiger charge is 2.17. The highest BCUT2D eigenvalue weighted by molar-refractivity contribution is 6.37. The zero-order chi connectivity index (χ0) is 16.5. The number of nitrogens with zero attached hydrogens (tertiary/aromatic N) is 4. The summed E-state index contributed by atoms with van der Waals surface area (Å²) >= 11 is 12.3. The molecule has 116 valence electrons. The smallest absolute Gasteiger partial charge is 0.179 e. The van der Waals surface area contributed by atoms with Crippen LogP contribution in [0.5, 0.6) is 0 Å². The zero-order valence-electron chi connectivity index (χ0n) is 12.3. The van der Waals surface area contributed by atoms with Crippen LogP contribution in [-0.2, 0) is 0 Å². The lowest BCUT2D eigenvalue weighted by molar-refractivity contribution is 1.04. The molecule has 0 aliphatic carbocycles. The summed E-state index contributed by atoms with van der Waals surface area (Å²) in [4.78, 5) is 9.40. The Morgan fingerprint density at radius 2 is 0.917 bits per heavy atom. The van der Waals surface area contributed by atoms with Gasteiger partial charge in [0.1, 0.15) is 11.0 Å². The maximum Gasteiger partial charge on any atom is 0.179 e. The third-order valence-corrected chi connectivity index (χ3v) is 4.12. The third-order valence-electron chi connectivity index (χ3n) is 3.61. The molecule has 0 aliphatic rings. The molecule has 0 fully saturated rings. The summed E-state index contributed by atoms with van der Waals surface area (Å²) in [7, 11) is 0. The van der Waals surface area contributed by atoms with Gasteiger partial charge in [-0.25, -0.2) is 9.97 Å². The van der Waals surface area contributed by atoms with Crippen molar-refractivity contribution in [2.45, 2.75) is 0 Å². The van der Waals surface area contributed by atoms with Crippen LogP contribution in [0, 0.1) is 0 Å². The number of benzene rings is 2. The van der Waals surface area contributed by atoms with Crippen LogP contribution in [0.1, 0.15) is 0 Å². The van der Waals surface area contributed by atoms with E-state index in [1.165, 1.54) is 0 Å². The van der Waals surface area contributed by atoms with Crippen LogP contribution in [0.15, 0.2) is 60.7 Å². The predicted octanol–water partition coefficient (Wildman–Crippen LogP) is 5.06. The van der Waals surface area contributed by atoms with E-state index >= 15 is 0 Å². The van der Waals surface area contributed by atoms with Crippen LogP contribution in [0.2, 0.25) is 10.3 Å². The lowest BCUT2D eigenvalue weighted by atomic mass is 10.0. The molecule has 6 heteroatoms. The van der Waals surface area contributed by atoms with E-state index in [9.17, 15) is 0 Å². The molecule has 2 aromatic heterocycles. The largest absolute Gasteiger partial charge is 0.240 e. The van der Waals surface area contributed by atoms with Crippen molar-refractivity contribution in [2.24, 2.45) is 0 Å². The summed E-state index contributed by atoms with van der Waals surface area (Å²) in [5.41, 5.74) is 4.20. The van der Waals surface area contributed by atoms with Crippen molar-refractivity contribution in [2.75, 3.05) is 0 Å². The predicted molar refractivity (Wildman–Crippen MR) is 96.0 cm³/mol. The molecule has 0 saturated heterocycles. The van der Waals surface area contributed by atoms with Gasteiger partial charge in [0.15, 0.2) is 10.3 Å². The van der Waals surface area contributed by atoms with Gasteiger partial charge in [-0.3, -0.25) is 0 Å². The van der Waals surface area contributed by atoms with Crippen molar-refractivity contribution in [3.05, 3.63) is 71.0 Å². The summed E-state index contributed by atoms with van der Waals surface area (Å²) in [6, 6.07) is 19.6. The van der Waals surface area contributed by atoms with Gasteiger partial charge < -0.3 is 0 Å². The normalized spacial score (nSPS) is 10.9. The number of rotatable bonds is 2. The van der Waals surface area contributed by atoms with Crippen molar-refractivity contribution in [3.63, 3.8) is 0 Å². The summed E-state index contributed by atoms with van der Waals surface area (Å²) in [5, 5.41) is 8.01. The van der Waals surface area contributed by atoms with Gasteiger partial charge in [-0.05, 0) is 0 Å². The first-order chi connectivity index (χ1) is 11.7. The number of hydrogen-bond donors (Lipinski definition) is 0. The number of fused-ring (bicyclic) bond motifs is 1. The van der Waals surface area contributed by atoms with Crippen LogP contribution in [0.3, 0.4) is 0 Å². The topological polar surface area (TPSA) is 51.6 Å². The van der Waals surface area contributed by atoms with Gasteiger partial charge >= 0.3 is 0 Å². The quantitative estimate of drug-likeness (QED) is 0.505. The Hall–Kier alpha value is -2.56. The summed E-state index contributed by atoms with van der Waals surface area (Å²) in [6.45, 7) is 0. The summed E-state index contributed by atoms with van der Waals surface area (Å²) < 4.78 is 0. The maximum absolute atomic E-state index is 6.15. The van der Waals surface area contributed by atoms with Gasteiger partial charge in [0.25, 0.3) is 0 Å². The second-order valence-corrected chi connectivity index (χ2v) is 5.85. The fourth-order valence-electron chi connectivity index (χ4n) is 2.50. The highest BCUT2D eigenvalue weighted by Crippen LogP contribution is 2.33. The first-order valence-corrected chi connectivity index (χ1v) is 8.00. The number of halogens is 2. The minimum absolute atomic E-state index is 0.179. The molecule has 0 aliphatic heterocycles. The zero-order valence-corrected chi connectivity index (χ0v) is 13.8. The van der Waals surface area contributed by atoms with Crippen molar-refractivity contribution in [3.8, 4) is 22.5 Å². The van der Waals surface area contributed by atoms with E-state index in [1.807, 2.05) is 60.7 Å². The van der Waals surface area contributed by atoms with E-state index in [4.69, 9.17) is 33.2 Å². The molecule has 0 N–H and O–H groups in total. The van der Waals surface area contributed by atoms with Gasteiger partial charge in [0, 0.05) is 11.1 Å². The SMILES string of the molecule is Clc1nnc(Cl)c2nc(-c3ccccc3)c(-c3ccccc3)nc12. The minimum Gasteiger partial charge on any atom is -0.240 e. The van der Waals surface area contributed by atoms with Crippen molar-refractivity contribution >= 4 is 34.2 Å². The molecule has 0 saturated carbocycles. The minimum atomic E-state index is 0.179. The Bertz CT molecular complexity index is 937. The second-order valence-electron chi connectivity index (χ2n) is 5.13. The molecule has 4 nitrogen and oxygen atoms in total. The van der Waals surface area contributed by atoms with Crippen molar-refractivity contribution in [1.82, 2.24) is 20.2 Å². The lowest BCUT2D eigenvalue weighted by Gasteiger charge is -2.11. The molecule has 2 aromatic carbocycles. The van der Waals surface area contributed by atoms with Gasteiger partial charge in [-0.2, -0.15) is 0 Å². The maximum atomic E-state index is 6.15. The Kier molecular flexibility index (Phi) is 3.84. The molecule has 0 atom stereocenters. The van der Waals surface area contributed by atoms with Crippen molar-refractivity contribution < 1.29 is 0 Å². The lowest BCUT2D eigenvalue weighted by Crippen LogP contribution is -1.99. The Balaban J connectivity index is 2.10. The highest BCUT2D eigenvalue weighted by atomic mass is 35.5. The van der Waals surface area contributed by atoms with Gasteiger partial charge in [0.2, 0.25) is 0 Å². The molecule has 0 amide bonds. The number of hydrogen-bond acceptors (Lipinski definition) is 4. The Morgan fingerprint density at radius 3 is 1.29 bits per heavy atom. The van der Waals surface area contributed by atoms with Crippen LogP contribution in [0.25, 0.3) is 33.5 Å². The molecule has 0 radical (unpaired) electrons. The van der Waals surface area contributed by atoms with E-state index in [0.717, 1.165) is 22.5 Å². The van der Waals surface area contributed by atoms with Crippen LogP contribution in [-0.4, -0.2) is 20.2 Å². The molecule has 0 bridgehead atoms. The fraction of sp³-hybridized carbons (Fsp3) is 0. The van der Waals surface area contributed by atoms with Crippen LogP contribution >= 0.6 is 23.2 Å². The molecule has 4 rings (SSSR count). The Morgan fingerprint density at radius 1 is 0.542 bits per heavy atom. The van der Waals surface area contributed by atoms with E-state index in [2.05, 4.69) is 10.2 Å². The van der Waals surface area contributed by atoms with E-state index in [0.29, 0.717) is 11.0 Å². The monoisotopic (exact) mass is 352 g/mol. The fourth-order valence-corrected chi connectivity index (χ4v) is 2.84. The first-order valence-electron chi connectivity index (χ1n) is 7.24. The summed E-state index contributed by atoms with van der Waals surface area (Å²) in [6.07, 6.45) is 0. The number of aromatic nitrogens is 4. The molecule has 2 heterocycles.